The number of benzene rings is 1. The maximum absolute atomic E-state index is 5.66. The minimum atomic E-state index is 0.326. The fourth-order valence-corrected chi connectivity index (χ4v) is 2.79. The first-order valence-electron chi connectivity index (χ1n) is 6.56. The number of rotatable bonds is 4. The lowest BCUT2D eigenvalue weighted by Gasteiger charge is -2.13. The predicted octanol–water partition coefficient (Wildman–Crippen LogP) is 5.09. The van der Waals surface area contributed by atoms with Gasteiger partial charge in [-0.05, 0) is 40.9 Å². The summed E-state index contributed by atoms with van der Waals surface area (Å²) >= 11 is 8.84. The van der Waals surface area contributed by atoms with E-state index in [9.17, 15) is 0 Å². The van der Waals surface area contributed by atoms with Gasteiger partial charge in [0, 0.05) is 5.69 Å². The molecule has 0 saturated carbocycles. The lowest BCUT2D eigenvalue weighted by molar-refractivity contribution is 0.341. The van der Waals surface area contributed by atoms with E-state index < -0.39 is 0 Å². The molecule has 5 heteroatoms. The maximum Gasteiger partial charge on any atom is 0.144 e. The topological polar surface area (TPSA) is 37.9 Å². The molecule has 1 N–H and O–H groups in total. The standard InChI is InChI=1S/C15H17BrN2OS/c1-4-19-11-8-6-5-7-10(11)14-17-13(9(2)3)12(16)15(20)18-14/h5-9H,4H2,1-3H3,(H,17,18,20). The van der Waals surface area contributed by atoms with Gasteiger partial charge < -0.3 is 9.72 Å². The van der Waals surface area contributed by atoms with Crippen molar-refractivity contribution in [3.8, 4) is 17.1 Å². The van der Waals surface area contributed by atoms with Crippen molar-refractivity contribution in [2.24, 2.45) is 0 Å². The van der Waals surface area contributed by atoms with Crippen LogP contribution in [0.1, 0.15) is 32.4 Å². The van der Waals surface area contributed by atoms with E-state index in [0.717, 1.165) is 27.3 Å². The summed E-state index contributed by atoms with van der Waals surface area (Å²) < 4.78 is 7.08. The average Bonchev–Trinajstić information content (AvgIpc) is 2.42. The minimum Gasteiger partial charge on any atom is -0.493 e. The number of para-hydroxylation sites is 1. The number of H-pyrrole nitrogens is 1. The van der Waals surface area contributed by atoms with Crippen LogP contribution in [-0.2, 0) is 0 Å². The molecule has 0 spiro atoms. The van der Waals surface area contributed by atoms with Crippen molar-refractivity contribution in [3.05, 3.63) is 39.1 Å². The molecule has 20 heavy (non-hydrogen) atoms. The summed E-state index contributed by atoms with van der Waals surface area (Å²) in [5, 5.41) is 0. The number of hydrogen-bond acceptors (Lipinski definition) is 3. The van der Waals surface area contributed by atoms with Crippen LogP contribution < -0.4 is 4.74 Å². The molecule has 0 bridgehead atoms. The Morgan fingerprint density at radius 2 is 2.05 bits per heavy atom. The summed E-state index contributed by atoms with van der Waals surface area (Å²) in [7, 11) is 0. The third kappa shape index (κ3) is 3.10. The van der Waals surface area contributed by atoms with E-state index in [1.165, 1.54) is 0 Å². The molecule has 2 aromatic rings. The monoisotopic (exact) mass is 352 g/mol. The Bertz CT molecular complexity index is 667. The van der Waals surface area contributed by atoms with Crippen molar-refractivity contribution in [1.29, 1.82) is 0 Å². The van der Waals surface area contributed by atoms with E-state index in [1.807, 2.05) is 31.2 Å². The molecule has 3 nitrogen and oxygen atoms in total. The summed E-state index contributed by atoms with van der Waals surface area (Å²) in [6.07, 6.45) is 0. The van der Waals surface area contributed by atoms with Crippen LogP contribution in [-0.4, -0.2) is 16.6 Å². The van der Waals surface area contributed by atoms with E-state index in [4.69, 9.17) is 17.0 Å². The van der Waals surface area contributed by atoms with Crippen LogP contribution in [0.5, 0.6) is 5.75 Å². The molecule has 2 rings (SSSR count). The van der Waals surface area contributed by atoms with Crippen molar-refractivity contribution in [2.75, 3.05) is 6.61 Å². The quantitative estimate of drug-likeness (QED) is 0.778. The number of aromatic amines is 1. The summed E-state index contributed by atoms with van der Waals surface area (Å²) in [5.74, 6) is 1.88. The number of hydrogen-bond donors (Lipinski definition) is 1. The van der Waals surface area contributed by atoms with Crippen LogP contribution in [0.3, 0.4) is 0 Å². The largest absolute Gasteiger partial charge is 0.493 e. The van der Waals surface area contributed by atoms with E-state index in [1.54, 1.807) is 0 Å². The molecular formula is C15H17BrN2OS. The summed E-state index contributed by atoms with van der Waals surface area (Å²) in [5.41, 5.74) is 1.97. The van der Waals surface area contributed by atoms with Gasteiger partial charge in [0.05, 0.1) is 16.6 Å². The highest BCUT2D eigenvalue weighted by Crippen LogP contribution is 2.31. The molecule has 0 aliphatic rings. The Morgan fingerprint density at radius 1 is 1.35 bits per heavy atom. The summed E-state index contributed by atoms with van der Waals surface area (Å²) in [6, 6.07) is 7.84. The molecule has 106 valence electrons. The molecule has 0 unspecified atom stereocenters. The van der Waals surface area contributed by atoms with Crippen molar-refractivity contribution in [3.63, 3.8) is 0 Å². The normalized spacial score (nSPS) is 10.8. The highest BCUT2D eigenvalue weighted by atomic mass is 79.9. The smallest absolute Gasteiger partial charge is 0.144 e. The maximum atomic E-state index is 5.66. The van der Waals surface area contributed by atoms with E-state index in [2.05, 4.69) is 39.7 Å². The van der Waals surface area contributed by atoms with E-state index in [0.29, 0.717) is 17.2 Å². The van der Waals surface area contributed by atoms with Crippen LogP contribution in [0.4, 0.5) is 0 Å². The first-order chi connectivity index (χ1) is 9.54. The Kier molecular flexibility index (Phi) is 4.94. The lowest BCUT2D eigenvalue weighted by atomic mass is 10.1. The highest BCUT2D eigenvalue weighted by molar-refractivity contribution is 9.10. The van der Waals surface area contributed by atoms with Crippen LogP contribution in [0, 0.1) is 4.64 Å². The van der Waals surface area contributed by atoms with Crippen LogP contribution in [0.2, 0.25) is 0 Å². The second-order valence-electron chi connectivity index (χ2n) is 4.70. The second-order valence-corrected chi connectivity index (χ2v) is 5.88. The van der Waals surface area contributed by atoms with Gasteiger partial charge in [-0.25, -0.2) is 4.98 Å². The van der Waals surface area contributed by atoms with Gasteiger partial charge in [0.1, 0.15) is 16.2 Å². The minimum absolute atomic E-state index is 0.326. The third-order valence-corrected chi connectivity index (χ3v) is 4.27. The molecule has 1 aromatic heterocycles. The van der Waals surface area contributed by atoms with Gasteiger partial charge in [-0.15, -0.1) is 0 Å². The zero-order chi connectivity index (χ0) is 14.7. The first-order valence-corrected chi connectivity index (χ1v) is 7.76. The van der Waals surface area contributed by atoms with E-state index >= 15 is 0 Å². The van der Waals surface area contributed by atoms with Crippen molar-refractivity contribution < 1.29 is 4.74 Å². The Hall–Kier alpha value is -1.20. The average molecular weight is 353 g/mol. The Balaban J connectivity index is 2.62. The predicted molar refractivity (Wildman–Crippen MR) is 87.8 cm³/mol. The third-order valence-electron chi connectivity index (χ3n) is 2.91. The number of nitrogens with one attached hydrogen (secondary N) is 1. The van der Waals surface area contributed by atoms with Gasteiger partial charge in [0.15, 0.2) is 0 Å². The molecule has 0 atom stereocenters. The van der Waals surface area contributed by atoms with Gasteiger partial charge in [0.2, 0.25) is 0 Å². The van der Waals surface area contributed by atoms with Crippen LogP contribution in [0.15, 0.2) is 28.7 Å². The molecule has 0 amide bonds. The first kappa shape index (κ1) is 15.2. The Morgan fingerprint density at radius 3 is 2.70 bits per heavy atom. The highest BCUT2D eigenvalue weighted by Gasteiger charge is 2.13. The molecule has 0 saturated heterocycles. The summed E-state index contributed by atoms with van der Waals surface area (Å²) in [4.78, 5) is 7.82. The molecule has 1 aromatic carbocycles. The lowest BCUT2D eigenvalue weighted by Crippen LogP contribution is -2.02. The van der Waals surface area contributed by atoms with Crippen LogP contribution >= 0.6 is 28.1 Å². The molecule has 0 aliphatic carbocycles. The molecular weight excluding hydrogens is 336 g/mol. The Labute approximate surface area is 132 Å². The van der Waals surface area contributed by atoms with Crippen molar-refractivity contribution >= 4 is 28.1 Å². The SMILES string of the molecule is CCOc1ccccc1-c1nc(=S)c(Br)c(C(C)C)[nH]1. The van der Waals surface area contributed by atoms with Gasteiger partial charge in [-0.3, -0.25) is 0 Å². The number of halogens is 1. The van der Waals surface area contributed by atoms with Gasteiger partial charge in [-0.2, -0.15) is 0 Å². The van der Waals surface area contributed by atoms with Gasteiger partial charge >= 0.3 is 0 Å². The number of aromatic nitrogens is 2. The molecule has 0 radical (unpaired) electrons. The number of nitrogens with zero attached hydrogens (tertiary/aromatic N) is 1. The zero-order valence-corrected chi connectivity index (χ0v) is 14.1. The molecule has 0 fully saturated rings. The fraction of sp³-hybridized carbons (Fsp3) is 0.333. The molecule has 1 heterocycles. The number of ether oxygens (including phenoxy) is 1. The van der Waals surface area contributed by atoms with Gasteiger partial charge in [-0.1, -0.05) is 38.2 Å². The summed E-state index contributed by atoms with van der Waals surface area (Å²) in [6.45, 7) is 6.81. The van der Waals surface area contributed by atoms with Gasteiger partial charge in [0.25, 0.3) is 0 Å². The fourth-order valence-electron chi connectivity index (χ4n) is 1.95. The molecule has 0 aliphatic heterocycles. The van der Waals surface area contributed by atoms with Crippen molar-refractivity contribution in [1.82, 2.24) is 9.97 Å². The second kappa shape index (κ2) is 6.50. The van der Waals surface area contributed by atoms with Crippen molar-refractivity contribution in [2.45, 2.75) is 26.7 Å². The van der Waals surface area contributed by atoms with Crippen LogP contribution in [0.25, 0.3) is 11.4 Å². The van der Waals surface area contributed by atoms with E-state index in [-0.39, 0.29) is 0 Å². The zero-order valence-electron chi connectivity index (χ0n) is 11.7.